The first-order valence-electron chi connectivity index (χ1n) is 22.2. The molecule has 1 unspecified atom stereocenters. The molecule has 5 aromatic carbocycles. The Morgan fingerprint density at radius 1 is 0.683 bits per heavy atom. The minimum atomic E-state index is -0.969. The molecule has 2 fully saturated rings. The molecule has 0 spiro atoms. The summed E-state index contributed by atoms with van der Waals surface area (Å²) in [6.45, 7) is 5.66. The van der Waals surface area contributed by atoms with Crippen molar-refractivity contribution in [3.8, 4) is 16.9 Å². The summed E-state index contributed by atoms with van der Waals surface area (Å²) in [5.74, 6) is -0.424. The molecule has 63 heavy (non-hydrogen) atoms. The van der Waals surface area contributed by atoms with Crippen LogP contribution in [0.15, 0.2) is 134 Å². The quantitative estimate of drug-likeness (QED) is 0.125. The lowest BCUT2D eigenvalue weighted by atomic mass is 9.69. The summed E-state index contributed by atoms with van der Waals surface area (Å²) in [4.78, 5) is 56.3. The van der Waals surface area contributed by atoms with Gasteiger partial charge in [-0.15, -0.1) is 0 Å². The van der Waals surface area contributed by atoms with Crippen molar-refractivity contribution < 1.29 is 23.9 Å². The summed E-state index contributed by atoms with van der Waals surface area (Å²) >= 11 is 0. The molecule has 2 saturated heterocycles. The predicted octanol–water partition coefficient (Wildman–Crippen LogP) is 7.60. The van der Waals surface area contributed by atoms with Crippen LogP contribution in [0.2, 0.25) is 0 Å². The number of rotatable bonds is 12. The lowest BCUT2D eigenvalue weighted by molar-refractivity contribution is -0.136. The Kier molecular flexibility index (Phi) is 11.2. The van der Waals surface area contributed by atoms with Crippen molar-refractivity contribution in [1.82, 2.24) is 24.9 Å². The predicted molar refractivity (Wildman–Crippen MR) is 241 cm³/mol. The van der Waals surface area contributed by atoms with Gasteiger partial charge in [-0.05, 0) is 95.3 Å². The summed E-state index contributed by atoms with van der Waals surface area (Å²) in [7, 11) is 0. The van der Waals surface area contributed by atoms with E-state index in [2.05, 4.69) is 106 Å². The Balaban J connectivity index is 0.744. The van der Waals surface area contributed by atoms with Crippen LogP contribution in [0.25, 0.3) is 11.1 Å². The number of carbonyl (C=O) groups is 4. The number of imide groups is 2. The van der Waals surface area contributed by atoms with Crippen LogP contribution < -0.4 is 15.0 Å². The molecule has 4 aliphatic rings. The van der Waals surface area contributed by atoms with Gasteiger partial charge < -0.3 is 9.64 Å². The second kappa shape index (κ2) is 17.5. The van der Waals surface area contributed by atoms with Gasteiger partial charge in [0.25, 0.3) is 11.8 Å². The van der Waals surface area contributed by atoms with E-state index in [0.717, 1.165) is 91.6 Å². The molecule has 3 aliphatic heterocycles. The Morgan fingerprint density at radius 2 is 1.44 bits per heavy atom. The molecule has 10 rings (SSSR count). The first-order chi connectivity index (χ1) is 30.9. The van der Waals surface area contributed by atoms with E-state index >= 15 is 0 Å². The number of amides is 4. The number of ether oxygens (including phenoxy) is 1. The van der Waals surface area contributed by atoms with E-state index in [0.29, 0.717) is 23.7 Å². The molecule has 4 amide bonds. The second-order valence-electron chi connectivity index (χ2n) is 17.1. The van der Waals surface area contributed by atoms with Gasteiger partial charge in [0.05, 0.1) is 17.3 Å². The molecular formula is C52H50N6O5. The molecule has 11 heteroatoms. The highest BCUT2D eigenvalue weighted by Crippen LogP contribution is 2.47. The Labute approximate surface area is 367 Å². The molecule has 318 valence electrons. The van der Waals surface area contributed by atoms with Crippen molar-refractivity contribution >= 4 is 29.3 Å². The number of fused-ring (bicyclic) bond motifs is 2. The van der Waals surface area contributed by atoms with Gasteiger partial charge in [0.2, 0.25) is 11.8 Å². The van der Waals surface area contributed by atoms with Crippen LogP contribution in [-0.4, -0.2) is 82.0 Å². The number of carbonyl (C=O) groups excluding carboxylic acids is 4. The van der Waals surface area contributed by atoms with Crippen LogP contribution in [0.3, 0.4) is 0 Å². The van der Waals surface area contributed by atoms with E-state index in [4.69, 9.17) is 9.84 Å². The maximum atomic E-state index is 13.4. The van der Waals surface area contributed by atoms with Gasteiger partial charge in [0.15, 0.2) is 0 Å². The largest absolute Gasteiger partial charge is 0.489 e. The Morgan fingerprint density at radius 3 is 2.22 bits per heavy atom. The number of nitrogens with one attached hydrogen (secondary N) is 1. The topological polar surface area (TPSA) is 117 Å². The third kappa shape index (κ3) is 8.28. The van der Waals surface area contributed by atoms with Gasteiger partial charge in [-0.25, -0.2) is 0 Å². The minimum absolute atomic E-state index is 0.0964. The number of aromatic nitrogens is 2. The van der Waals surface area contributed by atoms with Crippen LogP contribution in [0, 0.1) is 0 Å². The van der Waals surface area contributed by atoms with Crippen molar-refractivity contribution in [1.29, 1.82) is 0 Å². The molecular weight excluding hydrogens is 789 g/mol. The zero-order chi connectivity index (χ0) is 42.9. The van der Waals surface area contributed by atoms with Gasteiger partial charge in [-0.1, -0.05) is 91.0 Å². The zero-order valence-electron chi connectivity index (χ0n) is 35.2. The van der Waals surface area contributed by atoms with E-state index in [9.17, 15) is 19.2 Å². The van der Waals surface area contributed by atoms with Crippen LogP contribution in [0.4, 0.5) is 5.69 Å². The van der Waals surface area contributed by atoms with E-state index in [1.807, 2.05) is 35.1 Å². The number of hydrogen-bond acceptors (Lipinski definition) is 8. The van der Waals surface area contributed by atoms with Crippen LogP contribution in [0.1, 0.15) is 86.1 Å². The van der Waals surface area contributed by atoms with Gasteiger partial charge in [-0.3, -0.25) is 39.0 Å². The normalized spacial score (nSPS) is 20.1. The number of piperazine rings is 1. The smallest absolute Gasteiger partial charge is 0.262 e. The van der Waals surface area contributed by atoms with E-state index < -0.39 is 23.8 Å². The number of anilines is 1. The fourth-order valence-electron chi connectivity index (χ4n) is 9.96. The summed E-state index contributed by atoms with van der Waals surface area (Å²) < 4.78 is 8.29. The number of nitrogens with zero attached hydrogens (tertiary/aromatic N) is 5. The molecule has 0 bridgehead atoms. The number of aryl methyl sites for hydroxylation is 2. The molecule has 3 atom stereocenters. The van der Waals surface area contributed by atoms with E-state index in [-0.39, 0.29) is 24.7 Å². The summed E-state index contributed by atoms with van der Waals surface area (Å²) in [6, 6.07) is 41.4. The molecule has 4 heterocycles. The lowest BCUT2D eigenvalue weighted by Crippen LogP contribution is -2.54. The van der Waals surface area contributed by atoms with Crippen molar-refractivity contribution in [2.75, 3.05) is 37.6 Å². The van der Waals surface area contributed by atoms with Gasteiger partial charge >= 0.3 is 0 Å². The highest BCUT2D eigenvalue weighted by molar-refractivity contribution is 6.23. The third-order valence-corrected chi connectivity index (χ3v) is 13.3. The van der Waals surface area contributed by atoms with Crippen molar-refractivity contribution in [2.45, 2.75) is 63.1 Å². The molecule has 11 nitrogen and oxygen atoms in total. The average molecular weight is 839 g/mol. The van der Waals surface area contributed by atoms with Crippen LogP contribution in [0.5, 0.6) is 5.75 Å². The summed E-state index contributed by atoms with van der Waals surface area (Å²) in [6.07, 6.45) is 7.40. The van der Waals surface area contributed by atoms with Crippen molar-refractivity contribution in [3.63, 3.8) is 0 Å². The monoisotopic (exact) mass is 838 g/mol. The molecule has 0 saturated carbocycles. The Hall–Kier alpha value is -6.85. The zero-order valence-corrected chi connectivity index (χ0v) is 35.2. The maximum Gasteiger partial charge on any atom is 0.262 e. The van der Waals surface area contributed by atoms with Crippen LogP contribution >= 0.6 is 0 Å². The average Bonchev–Trinajstić information content (AvgIpc) is 3.90. The van der Waals surface area contributed by atoms with Gasteiger partial charge in [0.1, 0.15) is 18.4 Å². The van der Waals surface area contributed by atoms with E-state index in [1.54, 1.807) is 12.1 Å². The highest BCUT2D eigenvalue weighted by Gasteiger charge is 2.45. The molecule has 1 N–H and O–H groups in total. The van der Waals surface area contributed by atoms with Crippen LogP contribution in [-0.2, 0) is 29.2 Å². The number of hydrogen-bond donors (Lipinski definition) is 1. The SMILES string of the molecule is O=C1CCC(N2C(=O)c3ccc(N4CCN(CCCn5cc(-c6ccc([C@@H]7c8ccc(OCc9ccccc9)cc8CC[C@@H]7c7ccccc7)cc6)cn5)CC4)cc3C2=O)C(=O)N1. The fraction of sp³-hybridized carbons (Fsp3) is 0.288. The Bertz CT molecular complexity index is 2660. The maximum absolute atomic E-state index is 13.4. The first-order valence-corrected chi connectivity index (χ1v) is 22.2. The number of piperidine rings is 1. The van der Waals surface area contributed by atoms with E-state index in [1.165, 1.54) is 22.3 Å². The second-order valence-corrected chi connectivity index (χ2v) is 17.1. The molecule has 1 aliphatic carbocycles. The van der Waals surface area contributed by atoms with Gasteiger partial charge in [-0.2, -0.15) is 5.10 Å². The summed E-state index contributed by atoms with van der Waals surface area (Å²) in [5, 5.41) is 6.99. The first kappa shape index (κ1) is 40.2. The molecule has 1 aromatic heterocycles. The fourth-order valence-corrected chi connectivity index (χ4v) is 9.96. The lowest BCUT2D eigenvalue weighted by Gasteiger charge is -2.36. The minimum Gasteiger partial charge on any atom is -0.489 e. The van der Waals surface area contributed by atoms with Gasteiger partial charge in [0, 0.05) is 69.1 Å². The standard InChI is InChI=1S/C52H50N6O5/c59-48-23-22-47(50(60)54-48)58-51(61)45-20-17-41(31-46(45)52(58)62)56-28-26-55(27-29-56)24-7-25-57-33-40(32-53-57)36-12-14-38(15-13-36)49-43(37-10-5-2-6-11-37)19-16-39-30-42(18-21-44(39)49)63-34-35-8-3-1-4-9-35/h1-6,8-15,17-18,20-21,30-33,43,47,49H,7,16,19,22-29,34H2,(H,54,59,60)/t43-,47?,49+/m1/s1. The third-order valence-electron chi connectivity index (χ3n) is 13.3. The van der Waals surface area contributed by atoms with Crippen molar-refractivity contribution in [2.24, 2.45) is 0 Å². The molecule has 6 aromatic rings. The highest BCUT2D eigenvalue weighted by atomic mass is 16.5. The molecule has 0 radical (unpaired) electrons. The number of benzene rings is 5. The van der Waals surface area contributed by atoms with Crippen molar-refractivity contribution in [3.05, 3.63) is 173 Å². The summed E-state index contributed by atoms with van der Waals surface area (Å²) in [5.41, 5.74) is 10.3.